The van der Waals surface area contributed by atoms with E-state index in [1.54, 1.807) is 0 Å². The van der Waals surface area contributed by atoms with Gasteiger partial charge >= 0.3 is 0 Å². The molecule has 1 rings (SSSR count). The molecule has 0 saturated carbocycles. The molecule has 0 amide bonds. The minimum Gasteiger partial charge on any atom is -0.378 e. The van der Waals surface area contributed by atoms with Crippen LogP contribution in [0.3, 0.4) is 0 Å². The maximum Gasteiger partial charge on any atom is 0.0560 e. The number of thioether (sulfide) groups is 1. The first-order valence-electron chi connectivity index (χ1n) is 5.43. The van der Waals surface area contributed by atoms with Gasteiger partial charge in [-0.25, -0.2) is 0 Å². The Hall–Kier alpha value is -0.470. The van der Waals surface area contributed by atoms with Gasteiger partial charge in [-0.2, -0.15) is 11.8 Å². The van der Waals surface area contributed by atoms with Crippen LogP contribution in [0.2, 0.25) is 0 Å². The molecule has 0 unspecified atom stereocenters. The van der Waals surface area contributed by atoms with Gasteiger partial charge in [-0.3, -0.25) is 0 Å². The lowest BCUT2D eigenvalue weighted by Gasteiger charge is -2.07. The molecule has 0 aliphatic carbocycles. The molecule has 1 nitrogen and oxygen atoms in total. The van der Waals surface area contributed by atoms with Gasteiger partial charge in [0.15, 0.2) is 0 Å². The largest absolute Gasteiger partial charge is 0.378 e. The highest BCUT2D eigenvalue weighted by Crippen LogP contribution is 2.13. The lowest BCUT2D eigenvalue weighted by molar-refractivity contribution is 0.0920. The first-order valence-corrected chi connectivity index (χ1v) is 6.59. The SMILES string of the molecule is Cc1cccc(CSCCOC(C)C)c1. The highest BCUT2D eigenvalue weighted by molar-refractivity contribution is 7.98. The van der Waals surface area contributed by atoms with E-state index in [0.717, 1.165) is 18.1 Å². The number of rotatable bonds is 6. The van der Waals surface area contributed by atoms with Crippen LogP contribution >= 0.6 is 11.8 Å². The van der Waals surface area contributed by atoms with Crippen molar-refractivity contribution in [1.29, 1.82) is 0 Å². The average Bonchev–Trinajstić information content (AvgIpc) is 2.17. The van der Waals surface area contributed by atoms with Crippen LogP contribution in [0.5, 0.6) is 0 Å². The second-order valence-electron chi connectivity index (χ2n) is 3.96. The van der Waals surface area contributed by atoms with E-state index in [4.69, 9.17) is 4.74 Å². The molecular formula is C13H20OS. The van der Waals surface area contributed by atoms with Crippen molar-refractivity contribution in [1.82, 2.24) is 0 Å². The summed E-state index contributed by atoms with van der Waals surface area (Å²) in [7, 11) is 0. The van der Waals surface area contributed by atoms with Gasteiger partial charge in [0, 0.05) is 11.5 Å². The molecule has 0 bridgehead atoms. The summed E-state index contributed by atoms with van der Waals surface area (Å²) in [6.07, 6.45) is 0.351. The van der Waals surface area contributed by atoms with Crippen LogP contribution in [-0.2, 0) is 10.5 Å². The van der Waals surface area contributed by atoms with Crippen molar-refractivity contribution in [3.8, 4) is 0 Å². The van der Waals surface area contributed by atoms with Crippen molar-refractivity contribution in [2.24, 2.45) is 0 Å². The zero-order chi connectivity index (χ0) is 11.1. The summed E-state index contributed by atoms with van der Waals surface area (Å²) >= 11 is 1.93. The fourth-order valence-corrected chi connectivity index (χ4v) is 2.11. The highest BCUT2D eigenvalue weighted by atomic mass is 32.2. The molecule has 0 radical (unpaired) electrons. The molecule has 2 heteroatoms. The molecule has 84 valence electrons. The maximum absolute atomic E-state index is 5.48. The van der Waals surface area contributed by atoms with Gasteiger partial charge in [-0.05, 0) is 26.3 Å². The zero-order valence-corrected chi connectivity index (χ0v) is 10.6. The lowest BCUT2D eigenvalue weighted by Crippen LogP contribution is -2.05. The minimum absolute atomic E-state index is 0.351. The molecule has 0 saturated heterocycles. The zero-order valence-electron chi connectivity index (χ0n) is 9.82. The lowest BCUT2D eigenvalue weighted by atomic mass is 10.2. The Morgan fingerprint density at radius 3 is 2.80 bits per heavy atom. The van der Waals surface area contributed by atoms with Crippen molar-refractivity contribution < 1.29 is 4.74 Å². The van der Waals surface area contributed by atoms with Crippen molar-refractivity contribution >= 4 is 11.8 Å². The van der Waals surface area contributed by atoms with Crippen molar-refractivity contribution in [3.05, 3.63) is 35.4 Å². The third-order valence-electron chi connectivity index (χ3n) is 2.03. The first-order chi connectivity index (χ1) is 7.18. The molecule has 0 atom stereocenters. The number of ether oxygens (including phenoxy) is 1. The second kappa shape index (κ2) is 6.91. The van der Waals surface area contributed by atoms with Crippen molar-refractivity contribution in [3.63, 3.8) is 0 Å². The molecule has 0 N–H and O–H groups in total. The predicted octanol–water partition coefficient (Wildman–Crippen LogP) is 3.65. The van der Waals surface area contributed by atoms with E-state index in [2.05, 4.69) is 45.0 Å². The predicted molar refractivity (Wildman–Crippen MR) is 68.4 cm³/mol. The average molecular weight is 224 g/mol. The summed E-state index contributed by atoms with van der Waals surface area (Å²) in [6, 6.07) is 8.69. The fourth-order valence-electron chi connectivity index (χ4n) is 1.33. The van der Waals surface area contributed by atoms with Crippen molar-refractivity contribution in [2.45, 2.75) is 32.6 Å². The molecule has 0 aromatic heterocycles. The van der Waals surface area contributed by atoms with Gasteiger partial charge in [0.05, 0.1) is 12.7 Å². The van der Waals surface area contributed by atoms with Gasteiger partial charge < -0.3 is 4.74 Å². The summed E-state index contributed by atoms with van der Waals surface area (Å²) in [4.78, 5) is 0. The standard InChI is InChI=1S/C13H20OS/c1-11(2)14-7-8-15-10-13-6-4-5-12(3)9-13/h4-6,9,11H,7-8,10H2,1-3H3. The van der Waals surface area contributed by atoms with Crippen LogP contribution in [0.15, 0.2) is 24.3 Å². The third-order valence-corrected chi connectivity index (χ3v) is 3.02. The smallest absolute Gasteiger partial charge is 0.0560 e. The molecule has 0 aliphatic heterocycles. The van der Waals surface area contributed by atoms with Crippen LogP contribution < -0.4 is 0 Å². The Morgan fingerprint density at radius 2 is 2.13 bits per heavy atom. The summed E-state index contributed by atoms with van der Waals surface area (Å²) in [5.41, 5.74) is 2.75. The van der Waals surface area contributed by atoms with Gasteiger partial charge in [-0.1, -0.05) is 29.8 Å². The highest BCUT2D eigenvalue weighted by Gasteiger charge is 1.96. The van der Waals surface area contributed by atoms with E-state index < -0.39 is 0 Å². The summed E-state index contributed by atoms with van der Waals surface area (Å²) in [5, 5.41) is 0. The van der Waals surface area contributed by atoms with E-state index in [1.807, 2.05) is 11.8 Å². The van der Waals surface area contributed by atoms with Crippen LogP contribution in [0, 0.1) is 6.92 Å². The molecule has 0 spiro atoms. The number of aryl methyl sites for hydroxylation is 1. The molecular weight excluding hydrogens is 204 g/mol. The Labute approximate surface area is 97.2 Å². The monoisotopic (exact) mass is 224 g/mol. The van der Waals surface area contributed by atoms with Crippen LogP contribution in [0.25, 0.3) is 0 Å². The molecule has 0 heterocycles. The van der Waals surface area contributed by atoms with Crippen LogP contribution in [0.4, 0.5) is 0 Å². The van der Waals surface area contributed by atoms with Crippen molar-refractivity contribution in [2.75, 3.05) is 12.4 Å². The summed E-state index contributed by atoms with van der Waals surface area (Å²) < 4.78 is 5.48. The Morgan fingerprint density at radius 1 is 1.33 bits per heavy atom. The van der Waals surface area contributed by atoms with Gasteiger partial charge in [0.25, 0.3) is 0 Å². The topological polar surface area (TPSA) is 9.23 Å². The van der Waals surface area contributed by atoms with E-state index in [-0.39, 0.29) is 0 Å². The normalized spacial score (nSPS) is 10.9. The maximum atomic E-state index is 5.48. The molecule has 1 aromatic rings. The second-order valence-corrected chi connectivity index (χ2v) is 5.07. The Balaban J connectivity index is 2.15. The Bertz CT molecular complexity index is 284. The number of hydrogen-bond acceptors (Lipinski definition) is 2. The van der Waals surface area contributed by atoms with Crippen LogP contribution in [-0.4, -0.2) is 18.5 Å². The Kier molecular flexibility index (Phi) is 5.81. The summed E-state index contributed by atoms with van der Waals surface area (Å²) in [6.45, 7) is 7.14. The number of benzene rings is 1. The van der Waals surface area contributed by atoms with Crippen LogP contribution in [0.1, 0.15) is 25.0 Å². The number of hydrogen-bond donors (Lipinski definition) is 0. The molecule has 0 aliphatic rings. The van der Waals surface area contributed by atoms with E-state index in [9.17, 15) is 0 Å². The van der Waals surface area contributed by atoms with Gasteiger partial charge in [-0.15, -0.1) is 0 Å². The van der Waals surface area contributed by atoms with E-state index in [1.165, 1.54) is 11.1 Å². The molecule has 1 aromatic carbocycles. The first kappa shape index (κ1) is 12.6. The van der Waals surface area contributed by atoms with Gasteiger partial charge in [0.1, 0.15) is 0 Å². The van der Waals surface area contributed by atoms with Gasteiger partial charge in [0.2, 0.25) is 0 Å². The summed E-state index contributed by atoms with van der Waals surface area (Å²) in [5.74, 6) is 2.16. The fraction of sp³-hybridized carbons (Fsp3) is 0.538. The van der Waals surface area contributed by atoms with E-state index in [0.29, 0.717) is 6.10 Å². The minimum atomic E-state index is 0.351. The third kappa shape index (κ3) is 5.85. The van der Waals surface area contributed by atoms with E-state index >= 15 is 0 Å². The quantitative estimate of drug-likeness (QED) is 0.682. The molecule has 0 fully saturated rings. The molecule has 15 heavy (non-hydrogen) atoms.